The van der Waals surface area contributed by atoms with E-state index in [0.717, 1.165) is 5.56 Å². The highest BCUT2D eigenvalue weighted by molar-refractivity contribution is 5.96. The Kier molecular flexibility index (Phi) is 4.10. The molecule has 0 fully saturated rings. The predicted octanol–water partition coefficient (Wildman–Crippen LogP) is 4.72. The maximum Gasteiger partial charge on any atom is 0.163 e. The lowest BCUT2D eigenvalue weighted by molar-refractivity contribution is 0.0967. The smallest absolute Gasteiger partial charge is 0.163 e. The minimum absolute atomic E-state index is 0.00601. The first-order valence-corrected chi connectivity index (χ1v) is 6.46. The van der Waals surface area contributed by atoms with Crippen LogP contribution in [0.1, 0.15) is 30.6 Å². The van der Waals surface area contributed by atoms with Gasteiger partial charge in [0.25, 0.3) is 0 Å². The quantitative estimate of drug-likeness (QED) is 0.723. The van der Waals surface area contributed by atoms with Crippen LogP contribution >= 0.6 is 0 Å². The van der Waals surface area contributed by atoms with Gasteiger partial charge in [-0.2, -0.15) is 0 Å². The normalized spacial score (nSPS) is 10.7. The summed E-state index contributed by atoms with van der Waals surface area (Å²) in [5.74, 6) is -0.0707. The molecule has 0 aliphatic heterocycles. The number of halogens is 1. The summed E-state index contributed by atoms with van der Waals surface area (Å²) in [6.45, 7) is 3.96. The molecule has 0 atom stereocenters. The highest BCUT2D eigenvalue weighted by Crippen LogP contribution is 2.24. The molecule has 2 heteroatoms. The number of hydrogen-bond acceptors (Lipinski definition) is 1. The Morgan fingerprint density at radius 1 is 1.11 bits per heavy atom. The average Bonchev–Trinajstić information content (AvgIpc) is 2.38. The van der Waals surface area contributed by atoms with Crippen LogP contribution in [0, 0.1) is 11.7 Å². The van der Waals surface area contributed by atoms with E-state index in [-0.39, 0.29) is 17.5 Å². The summed E-state index contributed by atoms with van der Waals surface area (Å²) >= 11 is 0. The Bertz CT molecular complexity index is 573. The molecule has 0 aromatic heterocycles. The number of carbonyl (C=O) groups is 1. The van der Waals surface area contributed by atoms with Gasteiger partial charge in [0.1, 0.15) is 5.82 Å². The number of rotatable bonds is 4. The summed E-state index contributed by atoms with van der Waals surface area (Å²) in [5.41, 5.74) is 1.80. The largest absolute Gasteiger partial charge is 0.294 e. The highest BCUT2D eigenvalue weighted by Gasteiger charge is 2.12. The third-order valence-corrected chi connectivity index (χ3v) is 2.97. The van der Waals surface area contributed by atoms with Gasteiger partial charge >= 0.3 is 0 Å². The second kappa shape index (κ2) is 5.79. The zero-order valence-electron chi connectivity index (χ0n) is 11.2. The second-order valence-electron chi connectivity index (χ2n) is 5.08. The van der Waals surface area contributed by atoms with E-state index in [1.807, 2.05) is 44.2 Å². The molecule has 0 heterocycles. The Labute approximate surface area is 113 Å². The number of hydrogen-bond donors (Lipinski definition) is 0. The highest BCUT2D eigenvalue weighted by atomic mass is 19.1. The maximum absolute atomic E-state index is 14.1. The Morgan fingerprint density at radius 2 is 1.79 bits per heavy atom. The molecule has 98 valence electrons. The molecule has 0 spiro atoms. The first-order chi connectivity index (χ1) is 9.08. The van der Waals surface area contributed by atoms with Gasteiger partial charge in [-0.05, 0) is 17.5 Å². The van der Waals surface area contributed by atoms with Gasteiger partial charge in [0, 0.05) is 17.5 Å². The summed E-state index contributed by atoms with van der Waals surface area (Å²) in [6, 6.07) is 14.1. The minimum atomic E-state index is -0.346. The maximum atomic E-state index is 14.1. The van der Waals surface area contributed by atoms with Crippen LogP contribution in [0.3, 0.4) is 0 Å². The van der Waals surface area contributed by atoms with E-state index in [1.165, 1.54) is 6.07 Å². The molecule has 2 aromatic carbocycles. The fraction of sp³-hybridized carbons (Fsp3) is 0.235. The molecule has 0 bridgehead atoms. The van der Waals surface area contributed by atoms with Gasteiger partial charge in [-0.1, -0.05) is 56.3 Å². The lowest BCUT2D eigenvalue weighted by Crippen LogP contribution is -2.04. The van der Waals surface area contributed by atoms with Crippen molar-refractivity contribution in [3.63, 3.8) is 0 Å². The van der Waals surface area contributed by atoms with Gasteiger partial charge in [0.05, 0.1) is 0 Å². The fourth-order valence-electron chi connectivity index (χ4n) is 2.03. The Hall–Kier alpha value is -1.96. The SMILES string of the molecule is CC(C)CC(=O)c1ccc(-c2ccccc2)c(F)c1. The van der Waals surface area contributed by atoms with Crippen molar-refractivity contribution in [1.82, 2.24) is 0 Å². The van der Waals surface area contributed by atoms with Crippen LogP contribution in [0.15, 0.2) is 48.5 Å². The summed E-state index contributed by atoms with van der Waals surface area (Å²) in [6.07, 6.45) is 0.449. The molecule has 1 nitrogen and oxygen atoms in total. The summed E-state index contributed by atoms with van der Waals surface area (Å²) in [7, 11) is 0. The fourth-order valence-corrected chi connectivity index (χ4v) is 2.03. The Balaban J connectivity index is 2.30. The van der Waals surface area contributed by atoms with Crippen LogP contribution in [0.5, 0.6) is 0 Å². The van der Waals surface area contributed by atoms with Crippen LogP contribution in [0.25, 0.3) is 11.1 Å². The molecule has 0 saturated carbocycles. The molecule has 19 heavy (non-hydrogen) atoms. The van der Waals surface area contributed by atoms with E-state index in [2.05, 4.69) is 0 Å². The van der Waals surface area contributed by atoms with E-state index < -0.39 is 0 Å². The van der Waals surface area contributed by atoms with Gasteiger partial charge in [-0.15, -0.1) is 0 Å². The van der Waals surface area contributed by atoms with E-state index >= 15 is 0 Å². The van der Waals surface area contributed by atoms with Crippen LogP contribution in [0.2, 0.25) is 0 Å². The summed E-state index contributed by atoms with van der Waals surface area (Å²) in [5, 5.41) is 0. The van der Waals surface area contributed by atoms with Crippen molar-refractivity contribution in [3.8, 4) is 11.1 Å². The molecule has 0 saturated heterocycles. The molecule has 0 unspecified atom stereocenters. The lowest BCUT2D eigenvalue weighted by atomic mass is 9.98. The van der Waals surface area contributed by atoms with Crippen molar-refractivity contribution in [1.29, 1.82) is 0 Å². The van der Waals surface area contributed by atoms with Crippen molar-refractivity contribution in [2.75, 3.05) is 0 Å². The van der Waals surface area contributed by atoms with E-state index in [4.69, 9.17) is 0 Å². The molecule has 2 rings (SSSR count). The van der Waals surface area contributed by atoms with Crippen LogP contribution in [-0.4, -0.2) is 5.78 Å². The molecule has 0 aliphatic rings. The monoisotopic (exact) mass is 256 g/mol. The third kappa shape index (κ3) is 3.28. The van der Waals surface area contributed by atoms with E-state index in [9.17, 15) is 9.18 Å². The van der Waals surface area contributed by atoms with Crippen molar-refractivity contribution >= 4 is 5.78 Å². The molecule has 2 aromatic rings. The van der Waals surface area contributed by atoms with Crippen LogP contribution in [0.4, 0.5) is 4.39 Å². The molecular weight excluding hydrogens is 239 g/mol. The zero-order valence-corrected chi connectivity index (χ0v) is 11.2. The van der Waals surface area contributed by atoms with Gasteiger partial charge < -0.3 is 0 Å². The molecule has 0 radical (unpaired) electrons. The van der Waals surface area contributed by atoms with Gasteiger partial charge in [0.15, 0.2) is 5.78 Å². The standard InChI is InChI=1S/C17H17FO/c1-12(2)10-17(19)14-8-9-15(16(18)11-14)13-6-4-3-5-7-13/h3-9,11-12H,10H2,1-2H3. The van der Waals surface area contributed by atoms with Crippen molar-refractivity contribution in [2.24, 2.45) is 5.92 Å². The zero-order chi connectivity index (χ0) is 13.8. The number of benzene rings is 2. The summed E-state index contributed by atoms with van der Waals surface area (Å²) in [4.78, 5) is 11.9. The number of carbonyl (C=O) groups excluding carboxylic acids is 1. The topological polar surface area (TPSA) is 17.1 Å². The number of ketones is 1. The third-order valence-electron chi connectivity index (χ3n) is 2.97. The van der Waals surface area contributed by atoms with E-state index in [1.54, 1.807) is 12.1 Å². The van der Waals surface area contributed by atoms with Crippen molar-refractivity contribution in [2.45, 2.75) is 20.3 Å². The molecule has 0 N–H and O–H groups in total. The molecule has 0 aliphatic carbocycles. The van der Waals surface area contributed by atoms with Gasteiger partial charge in [0.2, 0.25) is 0 Å². The Morgan fingerprint density at radius 3 is 2.37 bits per heavy atom. The molecular formula is C17H17FO. The second-order valence-corrected chi connectivity index (χ2v) is 5.08. The van der Waals surface area contributed by atoms with Gasteiger partial charge in [-0.3, -0.25) is 4.79 Å². The van der Waals surface area contributed by atoms with Crippen LogP contribution in [-0.2, 0) is 0 Å². The average molecular weight is 256 g/mol. The van der Waals surface area contributed by atoms with Crippen molar-refractivity contribution < 1.29 is 9.18 Å². The van der Waals surface area contributed by atoms with Gasteiger partial charge in [-0.25, -0.2) is 4.39 Å². The predicted molar refractivity (Wildman–Crippen MR) is 75.6 cm³/mol. The minimum Gasteiger partial charge on any atom is -0.294 e. The lowest BCUT2D eigenvalue weighted by Gasteiger charge is -2.07. The first kappa shape index (κ1) is 13.5. The van der Waals surface area contributed by atoms with Crippen LogP contribution < -0.4 is 0 Å². The number of Topliss-reactive ketones (excluding diaryl/α,β-unsaturated/α-hetero) is 1. The first-order valence-electron chi connectivity index (χ1n) is 6.46. The summed E-state index contributed by atoms with van der Waals surface area (Å²) < 4.78 is 14.1. The molecule has 0 amide bonds. The van der Waals surface area contributed by atoms with E-state index in [0.29, 0.717) is 17.5 Å². The van der Waals surface area contributed by atoms with Crippen molar-refractivity contribution in [3.05, 3.63) is 59.9 Å².